The van der Waals surface area contributed by atoms with E-state index in [0.717, 1.165) is 12.0 Å². The third-order valence-corrected chi connectivity index (χ3v) is 2.64. The van der Waals surface area contributed by atoms with Crippen LogP contribution in [0.25, 0.3) is 0 Å². The van der Waals surface area contributed by atoms with Gasteiger partial charge in [0, 0.05) is 13.1 Å². The molecule has 1 aromatic carbocycles. The smallest absolute Gasteiger partial charge is 0.179 e. The minimum absolute atomic E-state index is 0.114. The highest BCUT2D eigenvalue weighted by atomic mass is 35.5. The Bertz CT molecular complexity index is 371. The van der Waals surface area contributed by atoms with E-state index in [1.807, 2.05) is 19.1 Å². The number of aliphatic hydroxyl groups is 1. The molecule has 0 fully saturated rings. The third kappa shape index (κ3) is 4.37. The Morgan fingerprint density at radius 1 is 1.39 bits per heavy atom. The number of hydrogen-bond donors (Lipinski definition) is 2. The molecule has 5 heteroatoms. The molecule has 0 radical (unpaired) electrons. The van der Waals surface area contributed by atoms with Crippen LogP contribution < -0.4 is 14.8 Å². The van der Waals surface area contributed by atoms with Crippen LogP contribution in [0.4, 0.5) is 0 Å². The van der Waals surface area contributed by atoms with Gasteiger partial charge in [-0.25, -0.2) is 0 Å². The molecule has 0 bridgehead atoms. The van der Waals surface area contributed by atoms with Crippen molar-refractivity contribution in [2.45, 2.75) is 19.9 Å². The zero-order chi connectivity index (χ0) is 13.4. The Morgan fingerprint density at radius 3 is 2.78 bits per heavy atom. The Balaban J connectivity index is 2.81. The maximum Gasteiger partial charge on any atom is 0.179 e. The van der Waals surface area contributed by atoms with Crippen molar-refractivity contribution in [2.75, 3.05) is 26.9 Å². The van der Waals surface area contributed by atoms with Gasteiger partial charge in [0.05, 0.1) is 25.3 Å². The second-order valence-corrected chi connectivity index (χ2v) is 4.27. The molecule has 0 saturated heterocycles. The molecule has 4 nitrogen and oxygen atoms in total. The summed E-state index contributed by atoms with van der Waals surface area (Å²) in [5.74, 6) is 1.23. The van der Waals surface area contributed by atoms with Crippen LogP contribution in [0.2, 0.25) is 5.02 Å². The number of benzene rings is 1. The topological polar surface area (TPSA) is 50.7 Å². The van der Waals surface area contributed by atoms with E-state index in [0.29, 0.717) is 36.2 Å². The van der Waals surface area contributed by atoms with Crippen LogP contribution >= 0.6 is 11.6 Å². The van der Waals surface area contributed by atoms with Crippen molar-refractivity contribution in [1.29, 1.82) is 0 Å². The first kappa shape index (κ1) is 15.1. The van der Waals surface area contributed by atoms with E-state index in [4.69, 9.17) is 26.2 Å². The number of hydrogen-bond acceptors (Lipinski definition) is 4. The van der Waals surface area contributed by atoms with E-state index < -0.39 is 0 Å². The van der Waals surface area contributed by atoms with Gasteiger partial charge < -0.3 is 19.9 Å². The first-order valence-corrected chi connectivity index (χ1v) is 6.41. The minimum atomic E-state index is 0.114. The Labute approximate surface area is 113 Å². The zero-order valence-corrected chi connectivity index (χ0v) is 11.6. The fourth-order valence-electron chi connectivity index (χ4n) is 1.53. The lowest BCUT2D eigenvalue weighted by Crippen LogP contribution is -2.17. The van der Waals surface area contributed by atoms with Crippen molar-refractivity contribution in [3.63, 3.8) is 0 Å². The normalized spacial score (nSPS) is 10.4. The average molecular weight is 274 g/mol. The summed E-state index contributed by atoms with van der Waals surface area (Å²) >= 11 is 6.18. The van der Waals surface area contributed by atoms with Crippen LogP contribution in [0.5, 0.6) is 11.5 Å². The molecule has 1 aromatic rings. The molecule has 0 aliphatic carbocycles. The maximum atomic E-state index is 8.71. The van der Waals surface area contributed by atoms with Crippen molar-refractivity contribution in [2.24, 2.45) is 0 Å². The highest BCUT2D eigenvalue weighted by Gasteiger charge is 2.11. The van der Waals surface area contributed by atoms with Crippen LogP contribution in [-0.4, -0.2) is 32.0 Å². The van der Waals surface area contributed by atoms with Crippen molar-refractivity contribution < 1.29 is 14.6 Å². The predicted molar refractivity (Wildman–Crippen MR) is 72.6 cm³/mol. The Hall–Kier alpha value is -0.970. The molecule has 18 heavy (non-hydrogen) atoms. The van der Waals surface area contributed by atoms with Gasteiger partial charge in [-0.05, 0) is 24.1 Å². The minimum Gasteiger partial charge on any atom is -0.493 e. The van der Waals surface area contributed by atoms with Crippen molar-refractivity contribution in [3.8, 4) is 11.5 Å². The monoisotopic (exact) mass is 273 g/mol. The summed E-state index contributed by atoms with van der Waals surface area (Å²) in [7, 11) is 1.59. The number of aliphatic hydroxyl groups excluding tert-OH is 1. The summed E-state index contributed by atoms with van der Waals surface area (Å²) in [5.41, 5.74) is 0.995. The summed E-state index contributed by atoms with van der Waals surface area (Å²) in [6.07, 6.45) is 0.916. The molecule has 0 spiro atoms. The molecule has 0 aliphatic heterocycles. The number of halogens is 1. The largest absolute Gasteiger partial charge is 0.493 e. The molecule has 102 valence electrons. The SMILES string of the molecule is CCCOc1c(Cl)cc(CNCCO)cc1OC. The maximum absolute atomic E-state index is 8.71. The first-order chi connectivity index (χ1) is 8.72. The summed E-state index contributed by atoms with van der Waals surface area (Å²) in [4.78, 5) is 0. The van der Waals surface area contributed by atoms with E-state index in [-0.39, 0.29) is 6.61 Å². The second kappa shape index (κ2) is 8.19. The van der Waals surface area contributed by atoms with Gasteiger partial charge in [-0.3, -0.25) is 0 Å². The summed E-state index contributed by atoms with van der Waals surface area (Å²) in [6.45, 7) is 3.94. The van der Waals surface area contributed by atoms with Gasteiger partial charge in [-0.2, -0.15) is 0 Å². The van der Waals surface area contributed by atoms with E-state index in [1.165, 1.54) is 0 Å². The molecule has 0 amide bonds. The van der Waals surface area contributed by atoms with Gasteiger partial charge >= 0.3 is 0 Å². The quantitative estimate of drug-likeness (QED) is 0.713. The lowest BCUT2D eigenvalue weighted by Gasteiger charge is -2.14. The summed E-state index contributed by atoms with van der Waals surface area (Å²) < 4.78 is 10.9. The fourth-order valence-corrected chi connectivity index (χ4v) is 1.82. The molecule has 0 atom stereocenters. The van der Waals surface area contributed by atoms with Crippen LogP contribution in [0, 0.1) is 0 Å². The molecule has 1 rings (SSSR count). The van der Waals surface area contributed by atoms with E-state index >= 15 is 0 Å². The average Bonchev–Trinajstić information content (AvgIpc) is 2.37. The van der Waals surface area contributed by atoms with Crippen molar-refractivity contribution in [3.05, 3.63) is 22.7 Å². The van der Waals surface area contributed by atoms with E-state index in [1.54, 1.807) is 7.11 Å². The van der Waals surface area contributed by atoms with Crippen LogP contribution in [0.15, 0.2) is 12.1 Å². The highest BCUT2D eigenvalue weighted by molar-refractivity contribution is 6.32. The summed E-state index contributed by atoms with van der Waals surface area (Å²) in [5, 5.41) is 12.3. The highest BCUT2D eigenvalue weighted by Crippen LogP contribution is 2.36. The number of methoxy groups -OCH3 is 1. The van der Waals surface area contributed by atoms with Crippen LogP contribution in [0.1, 0.15) is 18.9 Å². The molecule has 2 N–H and O–H groups in total. The fraction of sp³-hybridized carbons (Fsp3) is 0.538. The molecule has 0 aliphatic rings. The standard InChI is InChI=1S/C13H20ClNO3/c1-3-6-18-13-11(14)7-10(8-12(13)17-2)9-15-4-5-16/h7-8,15-16H,3-6,9H2,1-2H3. The van der Waals surface area contributed by atoms with E-state index in [9.17, 15) is 0 Å². The molecule has 0 aromatic heterocycles. The number of nitrogens with one attached hydrogen (secondary N) is 1. The lowest BCUT2D eigenvalue weighted by molar-refractivity contribution is 0.290. The predicted octanol–water partition coefficient (Wildman–Crippen LogP) is 2.22. The lowest BCUT2D eigenvalue weighted by atomic mass is 10.2. The van der Waals surface area contributed by atoms with Gasteiger partial charge in [0.25, 0.3) is 0 Å². The number of ether oxygens (including phenoxy) is 2. The van der Waals surface area contributed by atoms with Gasteiger partial charge in [0.1, 0.15) is 0 Å². The number of rotatable bonds is 8. The van der Waals surface area contributed by atoms with Crippen LogP contribution in [0.3, 0.4) is 0 Å². The Kier molecular flexibility index (Phi) is 6.86. The molecule has 0 unspecified atom stereocenters. The molecule has 0 saturated carbocycles. The van der Waals surface area contributed by atoms with Crippen molar-refractivity contribution in [1.82, 2.24) is 5.32 Å². The summed E-state index contributed by atoms with van der Waals surface area (Å²) in [6, 6.07) is 3.74. The van der Waals surface area contributed by atoms with Gasteiger partial charge in [0.2, 0.25) is 0 Å². The second-order valence-electron chi connectivity index (χ2n) is 3.86. The van der Waals surface area contributed by atoms with Crippen molar-refractivity contribution >= 4 is 11.6 Å². The Morgan fingerprint density at radius 2 is 2.17 bits per heavy atom. The zero-order valence-electron chi connectivity index (χ0n) is 10.8. The van der Waals surface area contributed by atoms with Gasteiger partial charge in [0.15, 0.2) is 11.5 Å². The molecular weight excluding hydrogens is 254 g/mol. The first-order valence-electron chi connectivity index (χ1n) is 6.03. The molecule has 0 heterocycles. The third-order valence-electron chi connectivity index (χ3n) is 2.36. The van der Waals surface area contributed by atoms with Gasteiger partial charge in [-0.15, -0.1) is 0 Å². The van der Waals surface area contributed by atoms with E-state index in [2.05, 4.69) is 5.32 Å². The van der Waals surface area contributed by atoms with Crippen LogP contribution in [-0.2, 0) is 6.54 Å². The van der Waals surface area contributed by atoms with Gasteiger partial charge in [-0.1, -0.05) is 18.5 Å². The molecular formula is C13H20ClNO3.